The Labute approximate surface area is 290 Å². The fourth-order valence-electron chi connectivity index (χ4n) is 5.75. The zero-order chi connectivity index (χ0) is 36.6. The van der Waals surface area contributed by atoms with Gasteiger partial charge in [0.15, 0.2) is 37.2 Å². The van der Waals surface area contributed by atoms with Crippen molar-refractivity contribution in [2.45, 2.75) is 121 Å². The summed E-state index contributed by atoms with van der Waals surface area (Å²) in [5, 5.41) is 4.01. The number of hydrogen-bond acceptors (Lipinski definition) is 15. The number of ether oxygens (including phenoxy) is 10. The predicted octanol–water partition coefficient (Wildman–Crippen LogP) is 3.33. The Kier molecular flexibility index (Phi) is 13.7. The minimum atomic E-state index is -1.58. The third kappa shape index (κ3) is 10.7. The number of esters is 4. The van der Waals surface area contributed by atoms with Crippen molar-refractivity contribution in [3.8, 4) is 0 Å². The lowest BCUT2D eigenvalue weighted by atomic mass is 9.94. The summed E-state index contributed by atoms with van der Waals surface area (Å²) < 4.78 is 59.5. The third-order valence-electron chi connectivity index (χ3n) is 7.94. The van der Waals surface area contributed by atoms with Crippen molar-refractivity contribution in [2.75, 3.05) is 19.8 Å². The van der Waals surface area contributed by atoms with Crippen LogP contribution in [0.15, 0.2) is 35.4 Å². The molecular weight excluding hydrogens is 678 g/mol. The number of benzene rings is 1. The molecule has 1 unspecified atom stereocenters. The lowest BCUT2D eigenvalue weighted by Gasteiger charge is -2.50. The predicted molar refractivity (Wildman–Crippen MR) is 173 cm³/mol. The normalized spacial score (nSPS) is 32.4. The summed E-state index contributed by atoms with van der Waals surface area (Å²) in [6.45, 7) is 11.0. The minimum Gasteiger partial charge on any atom is -0.463 e. The van der Waals surface area contributed by atoms with Crippen LogP contribution in [0.25, 0.3) is 10.4 Å². The van der Waals surface area contributed by atoms with Gasteiger partial charge in [0.1, 0.15) is 37.1 Å². The SMILES string of the molecule is CC(=O)OC[C@H]1O[C@@H](O[C@@H]2[C@@H](N=[N+]=[N-])[C@H](OCC[Si](C)(C)C)O[C@@H]3COC(c4ccccc4)O[C@H]23)[C@H](OC(C)=O)[C@@H](OC(C)=O)[C@H]1OC(C)=O. The molecule has 0 bridgehead atoms. The number of hydrogen-bond donors (Lipinski definition) is 0. The van der Waals surface area contributed by atoms with E-state index in [1.54, 1.807) is 0 Å². The number of nitrogens with zero attached hydrogens (tertiary/aromatic N) is 3. The Morgan fingerprint density at radius 2 is 1.48 bits per heavy atom. The van der Waals surface area contributed by atoms with Crippen LogP contribution in [-0.4, -0.2) is 113 Å². The van der Waals surface area contributed by atoms with Gasteiger partial charge < -0.3 is 47.4 Å². The van der Waals surface area contributed by atoms with Crippen LogP contribution in [0.4, 0.5) is 0 Å². The molecule has 3 heterocycles. The number of carbonyl (C=O) groups is 4. The molecule has 0 N–H and O–H groups in total. The second-order valence-electron chi connectivity index (χ2n) is 13.3. The quantitative estimate of drug-likeness (QED) is 0.0714. The maximum atomic E-state index is 12.5. The van der Waals surface area contributed by atoms with E-state index < -0.39 is 106 Å². The largest absolute Gasteiger partial charge is 0.463 e. The van der Waals surface area contributed by atoms with E-state index in [1.165, 1.54) is 6.92 Å². The summed E-state index contributed by atoms with van der Waals surface area (Å²) in [6, 6.07) is 8.72. The first-order valence-electron chi connectivity index (χ1n) is 16.3. The molecular formula is C32H45N3O14Si. The van der Waals surface area contributed by atoms with Gasteiger partial charge in [0.2, 0.25) is 0 Å². The van der Waals surface area contributed by atoms with E-state index in [1.807, 2.05) is 30.3 Å². The zero-order valence-electron chi connectivity index (χ0n) is 29.1. The van der Waals surface area contributed by atoms with Gasteiger partial charge in [0, 0.05) is 52.9 Å². The van der Waals surface area contributed by atoms with Gasteiger partial charge in [-0.25, -0.2) is 0 Å². The van der Waals surface area contributed by atoms with E-state index in [-0.39, 0.29) is 6.61 Å². The number of rotatable bonds is 13. The van der Waals surface area contributed by atoms with Gasteiger partial charge in [-0.15, -0.1) is 0 Å². The highest BCUT2D eigenvalue weighted by Gasteiger charge is 2.57. The Balaban J connectivity index is 1.76. The van der Waals surface area contributed by atoms with Crippen molar-refractivity contribution in [2.24, 2.45) is 5.11 Å². The van der Waals surface area contributed by atoms with E-state index in [0.29, 0.717) is 12.2 Å². The molecule has 0 amide bonds. The molecule has 3 saturated heterocycles. The highest BCUT2D eigenvalue weighted by atomic mass is 28.3. The van der Waals surface area contributed by atoms with Crippen molar-refractivity contribution in [3.05, 3.63) is 46.3 Å². The Hall–Kier alpha value is -3.61. The van der Waals surface area contributed by atoms with Gasteiger partial charge in [-0.05, 0) is 11.6 Å². The zero-order valence-corrected chi connectivity index (χ0v) is 30.1. The molecule has 0 aromatic heterocycles. The molecule has 0 aliphatic carbocycles. The topological polar surface area (TPSA) is 209 Å². The molecule has 4 rings (SSSR count). The smallest absolute Gasteiger partial charge is 0.303 e. The highest BCUT2D eigenvalue weighted by molar-refractivity contribution is 6.76. The van der Waals surface area contributed by atoms with Gasteiger partial charge >= 0.3 is 23.9 Å². The summed E-state index contributed by atoms with van der Waals surface area (Å²) in [5.74, 6) is -3.06. The van der Waals surface area contributed by atoms with Crippen molar-refractivity contribution in [3.63, 3.8) is 0 Å². The molecule has 3 aliphatic rings. The van der Waals surface area contributed by atoms with Crippen LogP contribution in [-0.2, 0) is 66.5 Å². The second kappa shape index (κ2) is 17.5. The molecule has 11 atom stereocenters. The third-order valence-corrected chi connectivity index (χ3v) is 9.64. The van der Waals surface area contributed by atoms with Gasteiger partial charge in [-0.3, -0.25) is 19.2 Å². The van der Waals surface area contributed by atoms with Crippen LogP contribution < -0.4 is 0 Å². The molecule has 0 saturated carbocycles. The molecule has 50 heavy (non-hydrogen) atoms. The average Bonchev–Trinajstić information content (AvgIpc) is 3.03. The fourth-order valence-corrected chi connectivity index (χ4v) is 6.48. The van der Waals surface area contributed by atoms with Crippen LogP contribution in [0.3, 0.4) is 0 Å². The van der Waals surface area contributed by atoms with E-state index in [0.717, 1.165) is 26.8 Å². The van der Waals surface area contributed by atoms with Crippen molar-refractivity contribution in [1.29, 1.82) is 0 Å². The van der Waals surface area contributed by atoms with E-state index >= 15 is 0 Å². The number of azide groups is 1. The lowest BCUT2D eigenvalue weighted by molar-refractivity contribution is -0.376. The van der Waals surface area contributed by atoms with E-state index in [9.17, 15) is 24.7 Å². The fraction of sp³-hybridized carbons (Fsp3) is 0.688. The van der Waals surface area contributed by atoms with Crippen LogP contribution in [0.1, 0.15) is 39.5 Å². The van der Waals surface area contributed by atoms with Gasteiger partial charge in [-0.1, -0.05) is 55.1 Å². The summed E-state index contributed by atoms with van der Waals surface area (Å²) >= 11 is 0. The van der Waals surface area contributed by atoms with Crippen LogP contribution >= 0.6 is 0 Å². The maximum Gasteiger partial charge on any atom is 0.303 e. The molecule has 276 valence electrons. The minimum absolute atomic E-state index is 0.0412. The van der Waals surface area contributed by atoms with Crippen LogP contribution in [0.2, 0.25) is 25.7 Å². The lowest BCUT2D eigenvalue weighted by Crippen LogP contribution is -2.67. The molecule has 1 aromatic rings. The summed E-state index contributed by atoms with van der Waals surface area (Å²) in [6.07, 6.45) is -12.2. The van der Waals surface area contributed by atoms with Crippen LogP contribution in [0.5, 0.6) is 0 Å². The summed E-state index contributed by atoms with van der Waals surface area (Å²) in [4.78, 5) is 51.9. The second-order valence-corrected chi connectivity index (χ2v) is 18.9. The van der Waals surface area contributed by atoms with Gasteiger partial charge in [0.25, 0.3) is 0 Å². The number of fused-ring (bicyclic) bond motifs is 1. The summed E-state index contributed by atoms with van der Waals surface area (Å²) in [5.41, 5.74) is 10.4. The Morgan fingerprint density at radius 1 is 0.840 bits per heavy atom. The molecule has 0 radical (unpaired) electrons. The Morgan fingerprint density at radius 3 is 2.08 bits per heavy atom. The van der Waals surface area contributed by atoms with E-state index in [4.69, 9.17) is 47.4 Å². The highest BCUT2D eigenvalue weighted by Crippen LogP contribution is 2.39. The van der Waals surface area contributed by atoms with E-state index in [2.05, 4.69) is 29.7 Å². The molecule has 3 aliphatic heterocycles. The molecule has 0 spiro atoms. The Bertz CT molecular complexity index is 1390. The molecule has 3 fully saturated rings. The molecule has 1 aromatic carbocycles. The number of carbonyl (C=O) groups excluding carboxylic acids is 4. The average molecular weight is 724 g/mol. The van der Waals surface area contributed by atoms with Crippen molar-refractivity contribution >= 4 is 32.0 Å². The first-order valence-corrected chi connectivity index (χ1v) is 20.0. The van der Waals surface area contributed by atoms with Crippen molar-refractivity contribution in [1.82, 2.24) is 0 Å². The summed E-state index contributed by atoms with van der Waals surface area (Å²) in [7, 11) is -1.55. The first-order chi connectivity index (χ1) is 23.7. The van der Waals surface area contributed by atoms with Gasteiger partial charge in [-0.2, -0.15) is 0 Å². The van der Waals surface area contributed by atoms with Crippen molar-refractivity contribution < 1.29 is 66.5 Å². The van der Waals surface area contributed by atoms with Gasteiger partial charge in [0.05, 0.1) is 6.61 Å². The monoisotopic (exact) mass is 723 g/mol. The first kappa shape index (κ1) is 39.2. The standard InChI is InChI=1S/C32H45N3O14Si/c1-17(36)41-15-22-26(43-18(2)37)28(44-19(3)38)29(45-20(4)39)32(47-22)49-27-24(34-35-33)31(40-13-14-50(5,6)7)46-23-16-42-30(48-25(23)27)21-11-9-8-10-12-21/h8-12,22-32H,13-16H2,1-7H3/t22-,23-,24-,25+,26+,27-,28+,29-,30?,31-,32+/m1/s1. The maximum absolute atomic E-state index is 12.5. The van der Waals surface area contributed by atoms with Crippen LogP contribution in [0, 0.1) is 0 Å². The molecule has 18 heteroatoms. The molecule has 17 nitrogen and oxygen atoms in total.